The zero-order valence-electron chi connectivity index (χ0n) is 30.6. The summed E-state index contributed by atoms with van der Waals surface area (Å²) in [6, 6.07) is 12.8. The first-order valence-corrected chi connectivity index (χ1v) is 19.2. The summed E-state index contributed by atoms with van der Waals surface area (Å²) in [5.74, 6) is -16.1. The molecular formula is C40H40ClF5N2O6S. The van der Waals surface area contributed by atoms with Crippen LogP contribution in [-0.2, 0) is 33.3 Å². The minimum atomic E-state index is -5.74. The van der Waals surface area contributed by atoms with Gasteiger partial charge in [-0.2, -0.15) is 4.31 Å². The molecule has 0 saturated heterocycles. The highest BCUT2D eigenvalue weighted by Gasteiger charge is 2.44. The van der Waals surface area contributed by atoms with Gasteiger partial charge in [0.1, 0.15) is 17.4 Å². The number of carboxylic acid groups (broad SMARTS) is 1. The number of hydrogen-bond donors (Lipinski definition) is 2. The largest absolute Gasteiger partial charge is 0.507 e. The molecule has 294 valence electrons. The van der Waals surface area contributed by atoms with Gasteiger partial charge in [0.25, 0.3) is 0 Å². The van der Waals surface area contributed by atoms with E-state index in [2.05, 4.69) is 6.07 Å². The van der Waals surface area contributed by atoms with E-state index in [0.29, 0.717) is 9.87 Å². The highest BCUT2D eigenvalue weighted by Crippen LogP contribution is 2.42. The molecule has 8 nitrogen and oxygen atoms in total. The van der Waals surface area contributed by atoms with Crippen LogP contribution in [0.4, 0.5) is 27.6 Å². The Morgan fingerprint density at radius 3 is 1.93 bits per heavy atom. The Hall–Kier alpha value is -4.53. The van der Waals surface area contributed by atoms with Crippen LogP contribution < -0.4 is 4.90 Å². The van der Waals surface area contributed by atoms with Gasteiger partial charge in [-0.15, -0.1) is 0 Å². The molecule has 5 rings (SSSR count). The van der Waals surface area contributed by atoms with Crippen molar-refractivity contribution in [1.29, 1.82) is 0 Å². The van der Waals surface area contributed by atoms with Gasteiger partial charge < -0.3 is 15.1 Å². The van der Waals surface area contributed by atoms with E-state index in [-0.39, 0.29) is 40.6 Å². The summed E-state index contributed by atoms with van der Waals surface area (Å²) in [7, 11) is -5.74. The smallest absolute Gasteiger partial charge is 0.339 e. The van der Waals surface area contributed by atoms with E-state index in [0.717, 1.165) is 41.0 Å². The van der Waals surface area contributed by atoms with Gasteiger partial charge >= 0.3 is 5.97 Å². The molecule has 0 bridgehead atoms. The van der Waals surface area contributed by atoms with Gasteiger partial charge in [-0.05, 0) is 83.0 Å². The number of rotatable bonds is 13. The summed E-state index contributed by atoms with van der Waals surface area (Å²) < 4.78 is 103. The van der Waals surface area contributed by atoms with E-state index >= 15 is 13.6 Å². The fourth-order valence-corrected chi connectivity index (χ4v) is 8.09. The Morgan fingerprint density at radius 1 is 0.836 bits per heavy atom. The fraction of sp³-hybridized carbons (Fsp3) is 0.350. The van der Waals surface area contributed by atoms with Crippen LogP contribution >= 0.6 is 11.6 Å². The molecular weight excluding hydrogens is 767 g/mol. The molecule has 1 fully saturated rings. The lowest BCUT2D eigenvalue weighted by molar-refractivity contribution is -0.123. The van der Waals surface area contributed by atoms with Gasteiger partial charge in [0.2, 0.25) is 21.7 Å². The van der Waals surface area contributed by atoms with Crippen molar-refractivity contribution < 1.29 is 50.2 Å². The van der Waals surface area contributed by atoms with E-state index in [9.17, 15) is 36.6 Å². The Morgan fingerprint density at radius 2 is 1.42 bits per heavy atom. The molecule has 1 aliphatic rings. The summed E-state index contributed by atoms with van der Waals surface area (Å²) >= 11 is 6.04. The van der Waals surface area contributed by atoms with Crippen molar-refractivity contribution in [1.82, 2.24) is 4.31 Å². The van der Waals surface area contributed by atoms with E-state index in [1.54, 1.807) is 13.8 Å². The average molecular weight is 807 g/mol. The number of nitrogens with zero attached hydrogens (tertiary/aromatic N) is 2. The quantitative estimate of drug-likeness (QED) is 0.0791. The van der Waals surface area contributed by atoms with Crippen molar-refractivity contribution in [3.05, 3.63) is 123 Å². The van der Waals surface area contributed by atoms with Crippen molar-refractivity contribution in [3.8, 4) is 5.75 Å². The Bertz CT molecular complexity index is 2210. The van der Waals surface area contributed by atoms with E-state index < -0.39 is 85.7 Å². The van der Waals surface area contributed by atoms with Crippen LogP contribution in [0.1, 0.15) is 92.4 Å². The van der Waals surface area contributed by atoms with Gasteiger partial charge in [0, 0.05) is 23.3 Å². The number of phenols is 1. The molecule has 4 aromatic rings. The molecule has 0 aliphatic heterocycles. The SMILES string of the molecule is CC(C)CC(C(=O)N(Cc1cc(C2CC2)cc(C(C)(C)C)c1)c1ccc(C(=O)O)c(O)c1)N(Cc1ccc(Cl)cc1)S(=O)(=O)c1c(F)c(F)c(F)c(F)c1F. The molecule has 1 amide bonds. The van der Waals surface area contributed by atoms with E-state index in [1.165, 1.54) is 30.3 Å². The van der Waals surface area contributed by atoms with Gasteiger partial charge in [0.05, 0.1) is 6.54 Å². The summed E-state index contributed by atoms with van der Waals surface area (Å²) in [6.45, 7) is 8.27. The van der Waals surface area contributed by atoms with Crippen LogP contribution in [0, 0.1) is 35.0 Å². The Balaban J connectivity index is 1.75. The van der Waals surface area contributed by atoms with E-state index in [1.807, 2.05) is 32.9 Å². The first-order valence-electron chi connectivity index (χ1n) is 17.4. The molecule has 0 heterocycles. The van der Waals surface area contributed by atoms with Crippen LogP contribution in [0.2, 0.25) is 5.02 Å². The summed E-state index contributed by atoms with van der Waals surface area (Å²) in [4.78, 5) is 25.9. The monoisotopic (exact) mass is 806 g/mol. The maximum absolute atomic E-state index is 15.4. The number of hydrogen-bond acceptors (Lipinski definition) is 5. The normalized spacial score (nSPS) is 14.1. The topological polar surface area (TPSA) is 115 Å². The second-order valence-electron chi connectivity index (χ2n) is 15.1. The number of aromatic hydroxyl groups is 1. The van der Waals surface area contributed by atoms with Gasteiger partial charge in [-0.25, -0.2) is 35.2 Å². The molecule has 1 unspecified atom stereocenters. The fourth-order valence-electron chi connectivity index (χ4n) is 6.27. The molecule has 2 N–H and O–H groups in total. The van der Waals surface area contributed by atoms with Crippen LogP contribution in [0.25, 0.3) is 0 Å². The first kappa shape index (κ1) is 41.6. The molecule has 1 saturated carbocycles. The third-order valence-corrected chi connectivity index (χ3v) is 11.5. The lowest BCUT2D eigenvalue weighted by Crippen LogP contribution is -2.51. The maximum Gasteiger partial charge on any atom is 0.339 e. The van der Waals surface area contributed by atoms with Crippen molar-refractivity contribution in [3.63, 3.8) is 0 Å². The molecule has 0 aromatic heterocycles. The third kappa shape index (κ3) is 8.97. The van der Waals surface area contributed by atoms with Gasteiger partial charge in [-0.1, -0.05) is 76.6 Å². The lowest BCUT2D eigenvalue weighted by atomic mass is 9.84. The van der Waals surface area contributed by atoms with Gasteiger partial charge in [-0.3, -0.25) is 4.79 Å². The predicted octanol–water partition coefficient (Wildman–Crippen LogP) is 9.45. The number of amides is 1. The highest BCUT2D eigenvalue weighted by molar-refractivity contribution is 7.89. The summed E-state index contributed by atoms with van der Waals surface area (Å²) in [6.07, 6.45) is 1.59. The maximum atomic E-state index is 15.4. The minimum absolute atomic E-state index is 0.0598. The predicted molar refractivity (Wildman–Crippen MR) is 197 cm³/mol. The van der Waals surface area contributed by atoms with Crippen molar-refractivity contribution in [2.24, 2.45) is 5.92 Å². The third-order valence-electron chi connectivity index (χ3n) is 9.38. The zero-order chi connectivity index (χ0) is 40.7. The van der Waals surface area contributed by atoms with Crippen LogP contribution in [0.5, 0.6) is 5.75 Å². The molecule has 55 heavy (non-hydrogen) atoms. The number of carbonyl (C=O) groups is 2. The number of sulfonamides is 1. The first-order chi connectivity index (χ1) is 25.6. The Labute approximate surface area is 321 Å². The van der Waals surface area contributed by atoms with Crippen molar-refractivity contribution in [2.75, 3.05) is 4.90 Å². The Kier molecular flexibility index (Phi) is 12.0. The molecule has 1 aliphatic carbocycles. The molecule has 0 spiro atoms. The summed E-state index contributed by atoms with van der Waals surface area (Å²) in [5, 5.41) is 20.6. The standard InChI is InChI=1S/C40H40ClF5N2O6S/c1-21(2)14-30(48(20-22-6-10-27(41)11-7-22)55(53,54)37-35(45)33(43)32(42)34(44)36(37)46)38(50)47(28-12-13-29(39(51)52)31(49)18-28)19-23-15-25(24-8-9-24)17-26(16-23)40(3,4)5/h6-7,10-13,15-18,21,24,30,49H,8-9,14,19-20H2,1-5H3,(H,51,52). The van der Waals surface area contributed by atoms with Crippen LogP contribution in [-0.4, -0.2) is 40.9 Å². The number of benzene rings is 4. The highest BCUT2D eigenvalue weighted by atomic mass is 35.5. The lowest BCUT2D eigenvalue weighted by Gasteiger charge is -2.35. The van der Waals surface area contributed by atoms with Crippen molar-refractivity contribution in [2.45, 2.75) is 89.2 Å². The van der Waals surface area contributed by atoms with Crippen molar-refractivity contribution >= 4 is 39.2 Å². The summed E-state index contributed by atoms with van der Waals surface area (Å²) in [5.41, 5.74) is 1.80. The second-order valence-corrected chi connectivity index (χ2v) is 17.4. The second kappa shape index (κ2) is 15.9. The average Bonchev–Trinajstić information content (AvgIpc) is 3.96. The number of aromatic carboxylic acids is 1. The number of anilines is 1. The van der Waals surface area contributed by atoms with E-state index in [4.69, 9.17) is 11.6 Å². The minimum Gasteiger partial charge on any atom is -0.507 e. The number of carbonyl (C=O) groups excluding carboxylic acids is 1. The number of carboxylic acids is 1. The molecule has 15 heteroatoms. The molecule has 0 radical (unpaired) electrons. The zero-order valence-corrected chi connectivity index (χ0v) is 32.2. The molecule has 1 atom stereocenters. The number of halogens is 6. The van der Waals surface area contributed by atoms with Crippen LogP contribution in [0.3, 0.4) is 0 Å². The van der Waals surface area contributed by atoms with Crippen LogP contribution in [0.15, 0.2) is 65.6 Å². The van der Waals surface area contributed by atoms with Gasteiger partial charge in [0.15, 0.2) is 28.2 Å². The molecule has 4 aromatic carbocycles.